The lowest BCUT2D eigenvalue weighted by Crippen LogP contribution is -2.20. The fraction of sp³-hybridized carbons (Fsp3) is 0.250. The third-order valence-electron chi connectivity index (χ3n) is 6.69. The van der Waals surface area contributed by atoms with Crippen LogP contribution in [0.3, 0.4) is 0 Å². The van der Waals surface area contributed by atoms with Crippen LogP contribution in [0.5, 0.6) is 11.5 Å². The molecule has 0 aromatic heterocycles. The predicted octanol–water partition coefficient (Wildman–Crippen LogP) is 7.50. The molecule has 0 aliphatic rings. The van der Waals surface area contributed by atoms with Crippen LogP contribution in [0.15, 0.2) is 97.1 Å². The maximum Gasteiger partial charge on any atom is 0.127 e. The number of hydrogen-bond acceptors (Lipinski definition) is 3. The number of aliphatic hydroxyl groups excluding tert-OH is 1. The number of rotatable bonds is 9. The highest BCUT2D eigenvalue weighted by molar-refractivity contribution is 5.74. The molecule has 1 unspecified atom stereocenters. The summed E-state index contributed by atoms with van der Waals surface area (Å²) in [6.07, 6.45) is 0.179. The van der Waals surface area contributed by atoms with Gasteiger partial charge in [-0.05, 0) is 52.9 Å². The Morgan fingerprint density at radius 3 is 1.69 bits per heavy atom. The van der Waals surface area contributed by atoms with Crippen molar-refractivity contribution in [2.24, 2.45) is 0 Å². The van der Waals surface area contributed by atoms with Crippen molar-refractivity contribution < 1.29 is 14.6 Å². The molecule has 0 saturated heterocycles. The molecule has 0 spiro atoms. The number of methoxy groups -OCH3 is 1. The lowest BCUT2D eigenvalue weighted by Gasteiger charge is -2.28. The number of aliphatic hydroxyl groups is 1. The number of benzene rings is 4. The van der Waals surface area contributed by atoms with E-state index in [-0.39, 0.29) is 12.0 Å². The van der Waals surface area contributed by atoms with Gasteiger partial charge in [0.2, 0.25) is 0 Å². The van der Waals surface area contributed by atoms with Gasteiger partial charge in [-0.3, -0.25) is 0 Å². The second kappa shape index (κ2) is 10.8. The molecule has 0 aliphatic heterocycles. The highest BCUT2D eigenvalue weighted by atomic mass is 16.5. The van der Waals surface area contributed by atoms with Gasteiger partial charge in [-0.25, -0.2) is 0 Å². The van der Waals surface area contributed by atoms with Crippen LogP contribution in [-0.2, 0) is 5.41 Å². The Hall–Kier alpha value is -3.56. The van der Waals surface area contributed by atoms with Gasteiger partial charge in [-0.15, -0.1) is 0 Å². The molecule has 4 aromatic carbocycles. The van der Waals surface area contributed by atoms with Gasteiger partial charge in [0, 0.05) is 16.5 Å². The minimum Gasteiger partial charge on any atom is -0.496 e. The molecule has 3 heteroatoms. The summed E-state index contributed by atoms with van der Waals surface area (Å²) in [5.41, 5.74) is 6.44. The minimum atomic E-state index is -0.481. The van der Waals surface area contributed by atoms with Crippen LogP contribution >= 0.6 is 0 Å². The summed E-state index contributed by atoms with van der Waals surface area (Å²) in [5.74, 6) is 1.64. The van der Waals surface area contributed by atoms with Crippen LogP contribution in [0.25, 0.3) is 22.3 Å². The molecule has 0 bridgehead atoms. The molecule has 35 heavy (non-hydrogen) atoms. The summed E-state index contributed by atoms with van der Waals surface area (Å²) >= 11 is 0. The van der Waals surface area contributed by atoms with Crippen LogP contribution < -0.4 is 9.47 Å². The number of ether oxygens (including phenoxy) is 2. The van der Waals surface area contributed by atoms with E-state index in [0.717, 1.165) is 33.8 Å². The van der Waals surface area contributed by atoms with E-state index in [9.17, 15) is 5.11 Å². The Morgan fingerprint density at radius 2 is 1.20 bits per heavy atom. The summed E-state index contributed by atoms with van der Waals surface area (Å²) in [6, 6.07) is 33.4. The van der Waals surface area contributed by atoms with Crippen molar-refractivity contribution in [2.75, 3.05) is 13.7 Å². The average molecular weight is 467 g/mol. The quantitative estimate of drug-likeness (QED) is 0.277. The zero-order valence-corrected chi connectivity index (χ0v) is 21.0. The van der Waals surface area contributed by atoms with Gasteiger partial charge in [0.1, 0.15) is 18.1 Å². The Kier molecular flexibility index (Phi) is 7.57. The molecule has 3 nitrogen and oxygen atoms in total. The van der Waals surface area contributed by atoms with Crippen molar-refractivity contribution in [1.82, 2.24) is 0 Å². The summed E-state index contributed by atoms with van der Waals surface area (Å²) in [5, 5.41) is 10.0. The van der Waals surface area contributed by atoms with Gasteiger partial charge in [0.15, 0.2) is 0 Å². The molecule has 0 radical (unpaired) electrons. The van der Waals surface area contributed by atoms with Crippen LogP contribution in [0.2, 0.25) is 0 Å². The monoisotopic (exact) mass is 466 g/mol. The van der Waals surface area contributed by atoms with Crippen molar-refractivity contribution in [3.05, 3.63) is 108 Å². The molecule has 0 amide bonds. The van der Waals surface area contributed by atoms with Crippen molar-refractivity contribution >= 4 is 0 Å². The average Bonchev–Trinajstić information content (AvgIpc) is 2.92. The van der Waals surface area contributed by atoms with Crippen LogP contribution in [-0.4, -0.2) is 24.9 Å². The topological polar surface area (TPSA) is 38.7 Å². The number of hydrogen-bond donors (Lipinski definition) is 1. The first-order valence-electron chi connectivity index (χ1n) is 12.2. The van der Waals surface area contributed by atoms with Gasteiger partial charge < -0.3 is 14.6 Å². The lowest BCUT2D eigenvalue weighted by atomic mass is 9.76. The summed E-state index contributed by atoms with van der Waals surface area (Å²) in [4.78, 5) is 0. The van der Waals surface area contributed by atoms with Gasteiger partial charge in [-0.2, -0.15) is 0 Å². The van der Waals surface area contributed by atoms with Crippen molar-refractivity contribution in [2.45, 2.75) is 38.7 Å². The maximum absolute atomic E-state index is 10.0. The maximum atomic E-state index is 10.0. The van der Waals surface area contributed by atoms with E-state index in [1.165, 1.54) is 11.1 Å². The zero-order valence-electron chi connectivity index (χ0n) is 21.0. The molecule has 4 aromatic rings. The van der Waals surface area contributed by atoms with E-state index in [1.54, 1.807) is 7.11 Å². The van der Waals surface area contributed by atoms with Crippen molar-refractivity contribution in [1.29, 1.82) is 0 Å². The normalized spacial score (nSPS) is 12.3. The summed E-state index contributed by atoms with van der Waals surface area (Å²) in [7, 11) is 1.72. The molecule has 180 valence electrons. The molecule has 0 fully saturated rings. The first kappa shape index (κ1) is 24.6. The summed E-state index contributed by atoms with van der Waals surface area (Å²) in [6.45, 7) is 6.72. The molecule has 0 aliphatic carbocycles. The standard InChI is InChI=1S/C32H34O3/c1-5-27(33)22-35-31-19-17-26(21-29(31)24-14-10-7-11-15-24)32(2,3)25-16-18-30(34-4)28(20-25)23-12-8-6-9-13-23/h6-21,27,33H,5,22H2,1-4H3. The Balaban J connectivity index is 1.77. The SMILES string of the molecule is CCC(O)COc1ccc(C(C)(C)c2ccc(OC)c(-c3ccccc3)c2)cc1-c1ccccc1. The molecular formula is C32H34O3. The lowest BCUT2D eigenvalue weighted by molar-refractivity contribution is 0.104. The smallest absolute Gasteiger partial charge is 0.127 e. The molecule has 0 saturated carbocycles. The second-order valence-corrected chi connectivity index (χ2v) is 9.36. The van der Waals surface area contributed by atoms with E-state index in [2.05, 4.69) is 68.4 Å². The molecular weight excluding hydrogens is 432 g/mol. The minimum absolute atomic E-state index is 0.263. The van der Waals surface area contributed by atoms with Gasteiger partial charge in [0.25, 0.3) is 0 Å². The highest BCUT2D eigenvalue weighted by Crippen LogP contribution is 2.41. The van der Waals surface area contributed by atoms with Crippen LogP contribution in [0.4, 0.5) is 0 Å². The third-order valence-corrected chi connectivity index (χ3v) is 6.69. The largest absolute Gasteiger partial charge is 0.496 e. The molecule has 4 rings (SSSR count). The Bertz CT molecular complexity index is 1250. The highest BCUT2D eigenvalue weighted by Gasteiger charge is 2.26. The van der Waals surface area contributed by atoms with E-state index >= 15 is 0 Å². The van der Waals surface area contributed by atoms with Crippen molar-refractivity contribution in [3.8, 4) is 33.8 Å². The second-order valence-electron chi connectivity index (χ2n) is 9.36. The fourth-order valence-corrected chi connectivity index (χ4v) is 4.30. The van der Waals surface area contributed by atoms with Gasteiger partial charge >= 0.3 is 0 Å². The van der Waals surface area contributed by atoms with E-state index in [0.29, 0.717) is 6.42 Å². The van der Waals surface area contributed by atoms with Gasteiger partial charge in [-0.1, -0.05) is 93.6 Å². The predicted molar refractivity (Wildman–Crippen MR) is 144 cm³/mol. The van der Waals surface area contributed by atoms with Crippen molar-refractivity contribution in [3.63, 3.8) is 0 Å². The van der Waals surface area contributed by atoms with Gasteiger partial charge in [0.05, 0.1) is 13.2 Å². The first-order chi connectivity index (χ1) is 16.9. The molecule has 1 N–H and O–H groups in total. The van der Waals surface area contributed by atoms with E-state index in [4.69, 9.17) is 9.47 Å². The first-order valence-corrected chi connectivity index (χ1v) is 12.2. The van der Waals surface area contributed by atoms with E-state index < -0.39 is 6.10 Å². The zero-order chi connectivity index (χ0) is 24.8. The van der Waals surface area contributed by atoms with Crippen LogP contribution in [0.1, 0.15) is 38.3 Å². The third kappa shape index (κ3) is 5.41. The fourth-order valence-electron chi connectivity index (χ4n) is 4.30. The molecule has 0 heterocycles. The Labute approximate surface area is 209 Å². The van der Waals surface area contributed by atoms with Crippen LogP contribution in [0, 0.1) is 0 Å². The van der Waals surface area contributed by atoms with E-state index in [1.807, 2.05) is 49.4 Å². The Morgan fingerprint density at radius 1 is 0.714 bits per heavy atom. The molecule has 1 atom stereocenters. The summed E-state index contributed by atoms with van der Waals surface area (Å²) < 4.78 is 11.7.